The highest BCUT2D eigenvalue weighted by Gasteiger charge is 2.19. The minimum Gasteiger partial charge on any atom is -0.480 e. The predicted molar refractivity (Wildman–Crippen MR) is 66.7 cm³/mol. The fourth-order valence-corrected chi connectivity index (χ4v) is 1.46. The van der Waals surface area contributed by atoms with E-state index in [1.54, 1.807) is 0 Å². The Hall–Kier alpha value is -1.86. The van der Waals surface area contributed by atoms with E-state index >= 15 is 0 Å². The van der Waals surface area contributed by atoms with Crippen LogP contribution in [0.25, 0.3) is 0 Å². The molecular weight excluding hydrogens is 279 g/mol. The van der Waals surface area contributed by atoms with Crippen LogP contribution in [0.1, 0.15) is 6.42 Å². The van der Waals surface area contributed by atoms with Gasteiger partial charge in [0.25, 0.3) is 0 Å². The smallest absolute Gasteiger partial charge is 0.326 e. The molecule has 4 N–H and O–H groups in total. The number of nitrogens with one attached hydrogen (secondary N) is 2. The summed E-state index contributed by atoms with van der Waals surface area (Å²) in [5.41, 5.74) is 0.0207. The van der Waals surface area contributed by atoms with Crippen molar-refractivity contribution in [3.8, 4) is 0 Å². The summed E-state index contributed by atoms with van der Waals surface area (Å²) in [7, 11) is 0. The maximum atomic E-state index is 13.0. The average Bonchev–Trinajstić information content (AvgIpc) is 2.33. The van der Waals surface area contributed by atoms with Crippen LogP contribution >= 0.6 is 11.6 Å². The molecule has 0 saturated carbocycles. The Morgan fingerprint density at radius 3 is 2.68 bits per heavy atom. The molecule has 2 amide bonds. The fraction of sp³-hybridized carbons (Fsp3) is 0.273. The molecule has 0 radical (unpaired) electrons. The van der Waals surface area contributed by atoms with Crippen molar-refractivity contribution in [3.63, 3.8) is 0 Å². The van der Waals surface area contributed by atoms with Crippen molar-refractivity contribution in [1.82, 2.24) is 5.32 Å². The Labute approximate surface area is 113 Å². The van der Waals surface area contributed by atoms with Crippen molar-refractivity contribution < 1.29 is 24.2 Å². The molecule has 0 bridgehead atoms. The highest BCUT2D eigenvalue weighted by atomic mass is 35.5. The normalized spacial score (nSPS) is 11.7. The number of carboxylic acids is 1. The van der Waals surface area contributed by atoms with Crippen LogP contribution in [0, 0.1) is 5.82 Å². The van der Waals surface area contributed by atoms with Crippen LogP contribution in [0.2, 0.25) is 5.02 Å². The lowest BCUT2D eigenvalue weighted by Crippen LogP contribution is -2.43. The number of benzene rings is 1. The number of aliphatic carboxylic acids is 1. The summed E-state index contributed by atoms with van der Waals surface area (Å²) in [4.78, 5) is 22.3. The molecule has 0 saturated heterocycles. The van der Waals surface area contributed by atoms with E-state index < -0.39 is 30.5 Å². The summed E-state index contributed by atoms with van der Waals surface area (Å²) in [6.45, 7) is -0.391. The lowest BCUT2D eigenvalue weighted by molar-refractivity contribution is -0.139. The second-order valence-corrected chi connectivity index (χ2v) is 4.03. The quantitative estimate of drug-likeness (QED) is 0.659. The van der Waals surface area contributed by atoms with E-state index in [9.17, 15) is 14.0 Å². The van der Waals surface area contributed by atoms with Crippen molar-refractivity contribution in [1.29, 1.82) is 0 Å². The number of aliphatic hydroxyl groups is 1. The summed E-state index contributed by atoms with van der Waals surface area (Å²) >= 11 is 5.74. The zero-order valence-electron chi connectivity index (χ0n) is 9.69. The minimum absolute atomic E-state index is 0.0207. The molecule has 0 aromatic heterocycles. The van der Waals surface area contributed by atoms with Gasteiger partial charge in [0, 0.05) is 13.0 Å². The second kappa shape index (κ2) is 6.91. The summed E-state index contributed by atoms with van der Waals surface area (Å²) < 4.78 is 13.0. The standard InChI is InChI=1S/C11H12ClFN2O4/c12-7-2-1-6(13)5-9(7)15-11(19)14-8(3-4-16)10(17)18/h1-2,5,8,16H,3-4H2,(H,17,18)(H2,14,15,19). The number of amides is 2. The molecule has 1 aromatic carbocycles. The largest absolute Gasteiger partial charge is 0.480 e. The molecule has 6 nitrogen and oxygen atoms in total. The summed E-state index contributed by atoms with van der Waals surface area (Å²) in [6, 6.07) is 1.29. The van der Waals surface area contributed by atoms with Crippen molar-refractivity contribution in [3.05, 3.63) is 29.0 Å². The Bertz CT molecular complexity index is 484. The van der Waals surface area contributed by atoms with Gasteiger partial charge in [-0.3, -0.25) is 0 Å². The van der Waals surface area contributed by atoms with Crippen molar-refractivity contribution >= 4 is 29.3 Å². The van der Waals surface area contributed by atoms with Gasteiger partial charge in [-0.1, -0.05) is 11.6 Å². The molecule has 0 aliphatic carbocycles. The second-order valence-electron chi connectivity index (χ2n) is 3.63. The van der Waals surface area contributed by atoms with Gasteiger partial charge in [-0.2, -0.15) is 0 Å². The molecule has 1 unspecified atom stereocenters. The number of rotatable bonds is 5. The van der Waals surface area contributed by atoms with Gasteiger partial charge < -0.3 is 20.8 Å². The first kappa shape index (κ1) is 15.2. The number of hydrogen-bond donors (Lipinski definition) is 4. The Morgan fingerprint density at radius 2 is 2.11 bits per heavy atom. The lowest BCUT2D eigenvalue weighted by atomic mass is 10.2. The first-order valence-electron chi connectivity index (χ1n) is 5.30. The number of carboxylic acid groups (broad SMARTS) is 1. The molecule has 1 atom stereocenters. The third-order valence-corrected chi connectivity index (χ3v) is 2.53. The third kappa shape index (κ3) is 4.72. The molecule has 0 fully saturated rings. The zero-order chi connectivity index (χ0) is 14.4. The van der Waals surface area contributed by atoms with E-state index in [0.29, 0.717) is 0 Å². The van der Waals surface area contributed by atoms with Crippen molar-refractivity contribution in [2.24, 2.45) is 0 Å². The van der Waals surface area contributed by atoms with Crippen LogP contribution < -0.4 is 10.6 Å². The van der Waals surface area contributed by atoms with E-state index in [1.165, 1.54) is 6.07 Å². The molecule has 1 rings (SSSR count). The number of anilines is 1. The SMILES string of the molecule is O=C(Nc1cc(F)ccc1Cl)NC(CCO)C(=O)O. The maximum absolute atomic E-state index is 13.0. The number of urea groups is 1. The minimum atomic E-state index is -1.28. The molecule has 1 aromatic rings. The third-order valence-electron chi connectivity index (χ3n) is 2.20. The molecule has 0 heterocycles. The summed E-state index contributed by atoms with van der Waals surface area (Å²) in [5.74, 6) is -1.88. The molecule has 104 valence electrons. The molecular formula is C11H12ClFN2O4. The van der Waals surface area contributed by atoms with Gasteiger partial charge in [-0.15, -0.1) is 0 Å². The van der Waals surface area contributed by atoms with E-state index in [4.69, 9.17) is 21.8 Å². The van der Waals surface area contributed by atoms with Crippen LogP contribution in [0.4, 0.5) is 14.9 Å². The Morgan fingerprint density at radius 1 is 1.42 bits per heavy atom. The number of halogens is 2. The van der Waals surface area contributed by atoms with Gasteiger partial charge in [-0.05, 0) is 18.2 Å². The first-order chi connectivity index (χ1) is 8.93. The van der Waals surface area contributed by atoms with Gasteiger partial charge >= 0.3 is 12.0 Å². The highest BCUT2D eigenvalue weighted by Crippen LogP contribution is 2.22. The van der Waals surface area contributed by atoms with E-state index in [1.807, 2.05) is 0 Å². The molecule has 8 heteroatoms. The van der Waals surface area contributed by atoms with Gasteiger partial charge in [-0.25, -0.2) is 14.0 Å². The van der Waals surface area contributed by atoms with E-state index in [0.717, 1.165) is 12.1 Å². The fourth-order valence-electron chi connectivity index (χ4n) is 1.30. The molecule has 0 spiro atoms. The van der Waals surface area contributed by atoms with Crippen LogP contribution in [0.5, 0.6) is 0 Å². The number of carbonyl (C=O) groups is 2. The predicted octanol–water partition coefficient (Wildman–Crippen LogP) is 1.44. The topological polar surface area (TPSA) is 98.7 Å². The van der Waals surface area contributed by atoms with Gasteiger partial charge in [0.2, 0.25) is 0 Å². The average molecular weight is 291 g/mol. The highest BCUT2D eigenvalue weighted by molar-refractivity contribution is 6.33. The van der Waals surface area contributed by atoms with Gasteiger partial charge in [0.15, 0.2) is 0 Å². The monoisotopic (exact) mass is 290 g/mol. The van der Waals surface area contributed by atoms with Gasteiger partial charge in [0.1, 0.15) is 11.9 Å². The molecule has 0 aliphatic rings. The first-order valence-corrected chi connectivity index (χ1v) is 5.68. The number of carbonyl (C=O) groups excluding carboxylic acids is 1. The van der Waals surface area contributed by atoms with Crippen molar-refractivity contribution in [2.75, 3.05) is 11.9 Å². The maximum Gasteiger partial charge on any atom is 0.326 e. The zero-order valence-corrected chi connectivity index (χ0v) is 10.4. The molecule has 19 heavy (non-hydrogen) atoms. The van der Waals surface area contributed by atoms with Crippen LogP contribution in [0.3, 0.4) is 0 Å². The lowest BCUT2D eigenvalue weighted by Gasteiger charge is -2.14. The van der Waals surface area contributed by atoms with Crippen LogP contribution in [-0.4, -0.2) is 34.9 Å². The van der Waals surface area contributed by atoms with E-state index in [2.05, 4.69) is 10.6 Å². The van der Waals surface area contributed by atoms with Gasteiger partial charge in [0.05, 0.1) is 10.7 Å². The Kier molecular flexibility index (Phi) is 5.53. The van der Waals surface area contributed by atoms with Crippen molar-refractivity contribution in [2.45, 2.75) is 12.5 Å². The van der Waals surface area contributed by atoms with E-state index in [-0.39, 0.29) is 17.1 Å². The van der Waals surface area contributed by atoms with Crippen LogP contribution in [0.15, 0.2) is 18.2 Å². The summed E-state index contributed by atoms with van der Waals surface area (Å²) in [5, 5.41) is 21.9. The Balaban J connectivity index is 2.68. The van der Waals surface area contributed by atoms with Crippen LogP contribution in [-0.2, 0) is 4.79 Å². The number of aliphatic hydroxyl groups excluding tert-OH is 1. The summed E-state index contributed by atoms with van der Waals surface area (Å²) in [6.07, 6.45) is -0.139. The molecule has 0 aliphatic heterocycles. The number of hydrogen-bond acceptors (Lipinski definition) is 3.